The Bertz CT molecular complexity index is 344. The maximum Gasteiger partial charge on any atom is 0.323 e. The van der Waals surface area contributed by atoms with E-state index in [1.165, 1.54) is 0 Å². The molecule has 0 amide bonds. The van der Waals surface area contributed by atoms with Crippen molar-refractivity contribution in [3.05, 3.63) is 28.5 Å². The van der Waals surface area contributed by atoms with Gasteiger partial charge in [0.05, 0.1) is 6.61 Å². The van der Waals surface area contributed by atoms with Gasteiger partial charge in [-0.1, -0.05) is 6.07 Å². The highest BCUT2D eigenvalue weighted by molar-refractivity contribution is 9.10. The Morgan fingerprint density at radius 1 is 1.67 bits per heavy atom. The molecule has 0 aliphatic carbocycles. The summed E-state index contributed by atoms with van der Waals surface area (Å²) in [6.45, 7) is 2.10. The number of pyridine rings is 1. The second-order valence-corrected chi connectivity index (χ2v) is 3.83. The van der Waals surface area contributed by atoms with Crippen LogP contribution in [0.5, 0.6) is 0 Å². The Hall–Kier alpha value is -0.940. The summed E-state index contributed by atoms with van der Waals surface area (Å²) in [5, 5.41) is 0. The van der Waals surface area contributed by atoms with E-state index in [1.54, 1.807) is 6.92 Å². The molecule has 1 aromatic rings. The van der Waals surface area contributed by atoms with Gasteiger partial charge in [0.1, 0.15) is 10.6 Å². The van der Waals surface area contributed by atoms with Crippen LogP contribution in [0.4, 0.5) is 0 Å². The molecule has 1 rings (SSSR count). The number of ether oxygens (including phenoxy) is 1. The lowest BCUT2D eigenvalue weighted by molar-refractivity contribution is -0.144. The van der Waals surface area contributed by atoms with Crippen LogP contribution in [-0.4, -0.2) is 23.6 Å². The minimum absolute atomic E-state index is 0.346. The molecule has 82 valence electrons. The Morgan fingerprint density at radius 3 is 3.00 bits per heavy atom. The van der Waals surface area contributed by atoms with Crippen molar-refractivity contribution >= 4 is 21.9 Å². The average Bonchev–Trinajstić information content (AvgIpc) is 2.18. The lowest BCUT2D eigenvalue weighted by Crippen LogP contribution is -2.34. The molecule has 0 aliphatic rings. The van der Waals surface area contributed by atoms with Gasteiger partial charge in [-0.2, -0.15) is 0 Å². The fourth-order valence-corrected chi connectivity index (χ4v) is 1.50. The quantitative estimate of drug-likeness (QED) is 0.663. The molecule has 0 bridgehead atoms. The van der Waals surface area contributed by atoms with Crippen LogP contribution in [0.15, 0.2) is 22.8 Å². The van der Waals surface area contributed by atoms with Gasteiger partial charge in [0.2, 0.25) is 0 Å². The number of hydrogen-bond acceptors (Lipinski definition) is 4. The third-order valence-electron chi connectivity index (χ3n) is 1.79. The van der Waals surface area contributed by atoms with E-state index >= 15 is 0 Å². The van der Waals surface area contributed by atoms with Gasteiger partial charge < -0.3 is 10.5 Å². The monoisotopic (exact) mass is 272 g/mol. The number of carbonyl (C=O) groups excluding carboxylic acids is 1. The van der Waals surface area contributed by atoms with Crippen molar-refractivity contribution in [1.82, 2.24) is 4.98 Å². The average molecular weight is 273 g/mol. The van der Waals surface area contributed by atoms with Gasteiger partial charge in [0, 0.05) is 12.1 Å². The lowest BCUT2D eigenvalue weighted by atomic mass is 10.1. The highest BCUT2D eigenvalue weighted by atomic mass is 79.9. The predicted octanol–water partition coefficient (Wildman–Crippen LogP) is 1.28. The van der Waals surface area contributed by atoms with E-state index in [4.69, 9.17) is 10.5 Å². The molecule has 1 aromatic heterocycles. The summed E-state index contributed by atoms with van der Waals surface area (Å²) in [5.41, 5.74) is 6.42. The first-order valence-electron chi connectivity index (χ1n) is 4.67. The van der Waals surface area contributed by atoms with Crippen LogP contribution in [0.25, 0.3) is 0 Å². The van der Waals surface area contributed by atoms with Crippen LogP contribution in [0, 0.1) is 0 Å². The minimum atomic E-state index is -0.647. The number of nitrogens with zero attached hydrogens (tertiary/aromatic N) is 1. The number of halogens is 1. The zero-order valence-corrected chi connectivity index (χ0v) is 10.0. The van der Waals surface area contributed by atoms with Crippen molar-refractivity contribution in [3.63, 3.8) is 0 Å². The predicted molar refractivity (Wildman–Crippen MR) is 60.2 cm³/mol. The molecule has 0 fully saturated rings. The molecule has 1 atom stereocenters. The molecule has 0 radical (unpaired) electrons. The molecule has 0 aromatic carbocycles. The summed E-state index contributed by atoms with van der Waals surface area (Å²) in [6, 6.07) is 4.85. The van der Waals surface area contributed by atoms with Crippen LogP contribution in [-0.2, 0) is 16.0 Å². The number of nitrogens with two attached hydrogens (primary N) is 1. The molecular weight excluding hydrogens is 260 g/mol. The fourth-order valence-electron chi connectivity index (χ4n) is 1.12. The number of carbonyl (C=O) groups is 1. The summed E-state index contributed by atoms with van der Waals surface area (Å²) in [4.78, 5) is 15.4. The smallest absolute Gasteiger partial charge is 0.323 e. The van der Waals surface area contributed by atoms with Crippen molar-refractivity contribution in [1.29, 1.82) is 0 Å². The number of rotatable bonds is 4. The molecular formula is C10H13BrN2O2. The second-order valence-electron chi connectivity index (χ2n) is 3.01. The van der Waals surface area contributed by atoms with Gasteiger partial charge in [-0.15, -0.1) is 0 Å². The summed E-state index contributed by atoms with van der Waals surface area (Å²) in [6.07, 6.45) is 0.387. The van der Waals surface area contributed by atoms with Crippen LogP contribution in [0.3, 0.4) is 0 Å². The first-order chi connectivity index (χ1) is 7.13. The molecule has 1 heterocycles. The van der Waals surface area contributed by atoms with Gasteiger partial charge in [-0.3, -0.25) is 4.79 Å². The standard InChI is InChI=1S/C10H13BrN2O2/c1-2-15-10(14)8(12)6-7-4-3-5-9(11)13-7/h3-5,8H,2,6,12H2,1H3. The van der Waals surface area contributed by atoms with E-state index in [1.807, 2.05) is 18.2 Å². The van der Waals surface area contributed by atoms with Crippen molar-refractivity contribution in [2.24, 2.45) is 5.73 Å². The van der Waals surface area contributed by atoms with E-state index in [0.717, 1.165) is 10.3 Å². The van der Waals surface area contributed by atoms with Crippen molar-refractivity contribution < 1.29 is 9.53 Å². The Morgan fingerprint density at radius 2 is 2.40 bits per heavy atom. The van der Waals surface area contributed by atoms with Crippen LogP contribution < -0.4 is 5.73 Å². The van der Waals surface area contributed by atoms with Crippen LogP contribution in [0.2, 0.25) is 0 Å². The summed E-state index contributed by atoms with van der Waals surface area (Å²) in [7, 11) is 0. The van der Waals surface area contributed by atoms with E-state index in [-0.39, 0.29) is 5.97 Å². The minimum Gasteiger partial charge on any atom is -0.465 e. The summed E-state index contributed by atoms with van der Waals surface area (Å²) in [5.74, 6) is -0.390. The molecule has 0 saturated heterocycles. The van der Waals surface area contributed by atoms with Crippen molar-refractivity contribution in [3.8, 4) is 0 Å². The summed E-state index contributed by atoms with van der Waals surface area (Å²) >= 11 is 3.25. The third kappa shape index (κ3) is 3.97. The molecule has 0 aliphatic heterocycles. The number of hydrogen-bond donors (Lipinski definition) is 1. The maximum absolute atomic E-state index is 11.2. The zero-order valence-electron chi connectivity index (χ0n) is 8.44. The largest absolute Gasteiger partial charge is 0.465 e. The molecule has 4 nitrogen and oxygen atoms in total. The van der Waals surface area contributed by atoms with Gasteiger partial charge >= 0.3 is 5.97 Å². The Labute approximate surface area is 97.0 Å². The first kappa shape index (κ1) is 12.1. The SMILES string of the molecule is CCOC(=O)C(N)Cc1cccc(Br)n1. The highest BCUT2D eigenvalue weighted by Gasteiger charge is 2.15. The fraction of sp³-hybridized carbons (Fsp3) is 0.400. The number of esters is 1. The molecule has 2 N–H and O–H groups in total. The topological polar surface area (TPSA) is 65.2 Å². The number of aromatic nitrogens is 1. The first-order valence-corrected chi connectivity index (χ1v) is 5.46. The Kier molecular flexibility index (Phi) is 4.71. The van der Waals surface area contributed by atoms with E-state index < -0.39 is 6.04 Å². The molecule has 1 unspecified atom stereocenters. The van der Waals surface area contributed by atoms with Gasteiger partial charge in [-0.25, -0.2) is 4.98 Å². The van der Waals surface area contributed by atoms with E-state index in [2.05, 4.69) is 20.9 Å². The molecule has 0 saturated carbocycles. The second kappa shape index (κ2) is 5.82. The maximum atomic E-state index is 11.2. The van der Waals surface area contributed by atoms with Gasteiger partial charge in [0.25, 0.3) is 0 Å². The van der Waals surface area contributed by atoms with Crippen molar-refractivity contribution in [2.75, 3.05) is 6.61 Å². The highest BCUT2D eigenvalue weighted by Crippen LogP contribution is 2.07. The van der Waals surface area contributed by atoms with Gasteiger partial charge in [-0.05, 0) is 35.0 Å². The van der Waals surface area contributed by atoms with Crippen LogP contribution >= 0.6 is 15.9 Å². The zero-order chi connectivity index (χ0) is 11.3. The van der Waals surface area contributed by atoms with Crippen LogP contribution in [0.1, 0.15) is 12.6 Å². The normalized spacial score (nSPS) is 12.2. The molecule has 5 heteroatoms. The summed E-state index contributed by atoms with van der Waals surface area (Å²) < 4.78 is 5.54. The molecule has 0 spiro atoms. The van der Waals surface area contributed by atoms with Crippen molar-refractivity contribution in [2.45, 2.75) is 19.4 Å². The van der Waals surface area contributed by atoms with Gasteiger partial charge in [0.15, 0.2) is 0 Å². The third-order valence-corrected chi connectivity index (χ3v) is 2.23. The Balaban J connectivity index is 2.58. The molecule has 15 heavy (non-hydrogen) atoms. The van der Waals surface area contributed by atoms with E-state index in [0.29, 0.717) is 13.0 Å². The van der Waals surface area contributed by atoms with E-state index in [9.17, 15) is 4.79 Å². The lowest BCUT2D eigenvalue weighted by Gasteiger charge is -2.09.